The third-order valence-electron chi connectivity index (χ3n) is 4.86. The highest BCUT2D eigenvalue weighted by Crippen LogP contribution is 2.24. The van der Waals surface area contributed by atoms with Crippen LogP contribution in [0.4, 0.5) is 10.5 Å². The molecule has 0 saturated carbocycles. The first-order valence-corrected chi connectivity index (χ1v) is 9.10. The molecule has 1 aromatic rings. The highest BCUT2D eigenvalue weighted by molar-refractivity contribution is 6.33. The van der Waals surface area contributed by atoms with Crippen molar-refractivity contribution in [2.75, 3.05) is 32.1 Å². The lowest BCUT2D eigenvalue weighted by Gasteiger charge is -2.37. The van der Waals surface area contributed by atoms with Crippen molar-refractivity contribution in [2.24, 2.45) is 0 Å². The van der Waals surface area contributed by atoms with Gasteiger partial charge in [-0.1, -0.05) is 11.6 Å². The molecule has 1 unspecified atom stereocenters. The molecule has 3 rings (SSSR count). The first kappa shape index (κ1) is 18.5. The summed E-state index contributed by atoms with van der Waals surface area (Å²) >= 11 is 6.00. The van der Waals surface area contributed by atoms with E-state index in [0.717, 1.165) is 25.8 Å². The van der Waals surface area contributed by atoms with Crippen molar-refractivity contribution in [3.8, 4) is 0 Å². The van der Waals surface area contributed by atoms with Crippen molar-refractivity contribution in [1.29, 1.82) is 0 Å². The molecule has 140 valence electrons. The Hall–Kier alpha value is -2.28. The molecule has 0 aliphatic carbocycles. The lowest BCUT2D eigenvalue weighted by molar-refractivity contribution is -0.130. The molecule has 2 heterocycles. The summed E-state index contributed by atoms with van der Waals surface area (Å²) in [5.41, 5.74) is 0.672. The van der Waals surface area contributed by atoms with Crippen LogP contribution in [-0.2, 0) is 9.53 Å². The van der Waals surface area contributed by atoms with Crippen molar-refractivity contribution < 1.29 is 19.1 Å². The summed E-state index contributed by atoms with van der Waals surface area (Å²) in [4.78, 5) is 39.9. The maximum atomic E-state index is 12.6. The van der Waals surface area contributed by atoms with E-state index in [0.29, 0.717) is 25.2 Å². The number of likely N-dealkylation sites (tertiary alicyclic amines) is 2. The third kappa shape index (κ3) is 3.93. The fourth-order valence-corrected chi connectivity index (χ4v) is 3.72. The van der Waals surface area contributed by atoms with Gasteiger partial charge >= 0.3 is 12.0 Å². The van der Waals surface area contributed by atoms with Crippen LogP contribution in [0.1, 0.15) is 36.0 Å². The summed E-state index contributed by atoms with van der Waals surface area (Å²) in [6.45, 7) is 1.94. The Labute approximate surface area is 157 Å². The molecule has 3 amide bonds. The maximum absolute atomic E-state index is 12.6. The minimum absolute atomic E-state index is 0.0837. The van der Waals surface area contributed by atoms with E-state index in [4.69, 9.17) is 16.3 Å². The number of carbonyl (C=O) groups excluding carboxylic acids is 3. The van der Waals surface area contributed by atoms with Crippen molar-refractivity contribution >= 4 is 35.2 Å². The Bertz CT molecular complexity index is 724. The average molecular weight is 380 g/mol. The number of nitrogens with one attached hydrogen (secondary N) is 1. The second kappa shape index (κ2) is 7.95. The molecule has 26 heavy (non-hydrogen) atoms. The van der Waals surface area contributed by atoms with Crippen LogP contribution in [0.25, 0.3) is 0 Å². The second-order valence-electron chi connectivity index (χ2n) is 6.55. The van der Waals surface area contributed by atoms with Gasteiger partial charge in [0.1, 0.15) is 0 Å². The molecule has 1 aromatic carbocycles. The molecule has 0 spiro atoms. The van der Waals surface area contributed by atoms with Gasteiger partial charge in [-0.25, -0.2) is 9.59 Å². The van der Waals surface area contributed by atoms with Crippen LogP contribution in [0.3, 0.4) is 0 Å². The van der Waals surface area contributed by atoms with Gasteiger partial charge < -0.3 is 19.9 Å². The summed E-state index contributed by atoms with van der Waals surface area (Å²) in [5.74, 6) is -0.380. The first-order chi connectivity index (χ1) is 12.5. The smallest absolute Gasteiger partial charge is 0.339 e. The number of methoxy groups -OCH3 is 1. The summed E-state index contributed by atoms with van der Waals surface area (Å²) in [6.07, 6.45) is 3.27. The number of esters is 1. The lowest BCUT2D eigenvalue weighted by atomic mass is 10.0. The highest BCUT2D eigenvalue weighted by Gasteiger charge is 2.32. The first-order valence-electron chi connectivity index (χ1n) is 8.73. The van der Waals surface area contributed by atoms with E-state index < -0.39 is 5.97 Å². The number of amides is 3. The summed E-state index contributed by atoms with van der Waals surface area (Å²) < 4.78 is 4.69. The minimum Gasteiger partial charge on any atom is -0.465 e. The molecule has 2 aliphatic heterocycles. The van der Waals surface area contributed by atoms with Crippen LogP contribution in [0.15, 0.2) is 18.2 Å². The third-order valence-corrected chi connectivity index (χ3v) is 5.19. The van der Waals surface area contributed by atoms with Crippen LogP contribution in [-0.4, -0.2) is 60.5 Å². The van der Waals surface area contributed by atoms with Crippen molar-refractivity contribution in [2.45, 2.75) is 31.7 Å². The molecule has 7 nitrogen and oxygen atoms in total. The average Bonchev–Trinajstić information content (AvgIpc) is 3.08. The number of piperidine rings is 1. The number of urea groups is 1. The maximum Gasteiger partial charge on any atom is 0.339 e. The predicted octanol–water partition coefficient (Wildman–Crippen LogP) is 2.75. The SMILES string of the molecule is COC(=O)c1cc(NC(=O)N2CCCC(N3CCCC3=O)C2)ccc1Cl. The summed E-state index contributed by atoms with van der Waals surface area (Å²) in [5, 5.41) is 3.06. The van der Waals surface area contributed by atoms with Crippen molar-refractivity contribution in [1.82, 2.24) is 9.80 Å². The normalized spacial score (nSPS) is 20.2. The Morgan fingerprint density at radius 1 is 1.27 bits per heavy atom. The lowest BCUT2D eigenvalue weighted by Crippen LogP contribution is -2.51. The van der Waals surface area contributed by atoms with Gasteiger partial charge in [0.15, 0.2) is 0 Å². The Morgan fingerprint density at radius 3 is 2.77 bits per heavy atom. The number of carbonyl (C=O) groups is 3. The molecular weight excluding hydrogens is 358 g/mol. The number of halogens is 1. The van der Waals surface area contributed by atoms with E-state index in [1.165, 1.54) is 13.2 Å². The van der Waals surface area contributed by atoms with Crippen LogP contribution in [0.2, 0.25) is 5.02 Å². The summed E-state index contributed by atoms with van der Waals surface area (Å²) in [7, 11) is 1.28. The fourth-order valence-electron chi connectivity index (χ4n) is 3.52. The number of nitrogens with zero attached hydrogens (tertiary/aromatic N) is 2. The Balaban J connectivity index is 1.66. The van der Waals surface area contributed by atoms with Gasteiger partial charge in [-0.3, -0.25) is 4.79 Å². The van der Waals surface area contributed by atoms with Gasteiger partial charge in [0, 0.05) is 37.8 Å². The molecule has 1 N–H and O–H groups in total. The molecule has 2 aliphatic rings. The van der Waals surface area contributed by atoms with E-state index in [1.54, 1.807) is 17.0 Å². The molecule has 0 aromatic heterocycles. The Morgan fingerprint density at radius 2 is 2.08 bits per heavy atom. The Kier molecular flexibility index (Phi) is 5.66. The molecular formula is C18H22ClN3O4. The van der Waals surface area contributed by atoms with E-state index in [-0.39, 0.29) is 28.6 Å². The zero-order valence-electron chi connectivity index (χ0n) is 14.7. The zero-order chi connectivity index (χ0) is 18.7. The van der Waals surface area contributed by atoms with Crippen molar-refractivity contribution in [3.63, 3.8) is 0 Å². The fraction of sp³-hybridized carbons (Fsp3) is 0.500. The van der Waals surface area contributed by atoms with Crippen LogP contribution in [0, 0.1) is 0 Å². The highest BCUT2D eigenvalue weighted by atomic mass is 35.5. The standard InChI is InChI=1S/C18H22ClN3O4/c1-26-17(24)14-10-12(6-7-15(14)19)20-18(25)21-8-2-4-13(11-21)22-9-3-5-16(22)23/h6-7,10,13H,2-5,8-9,11H2,1H3,(H,20,25). The van der Waals surface area contributed by atoms with E-state index in [1.807, 2.05) is 4.90 Å². The quantitative estimate of drug-likeness (QED) is 0.819. The molecule has 2 saturated heterocycles. The number of anilines is 1. The monoisotopic (exact) mass is 379 g/mol. The number of ether oxygens (including phenoxy) is 1. The van der Waals surface area contributed by atoms with Crippen LogP contribution >= 0.6 is 11.6 Å². The second-order valence-corrected chi connectivity index (χ2v) is 6.96. The van der Waals surface area contributed by atoms with Crippen LogP contribution in [0.5, 0.6) is 0 Å². The molecule has 8 heteroatoms. The van der Waals surface area contributed by atoms with Gasteiger partial charge in [-0.2, -0.15) is 0 Å². The molecule has 1 atom stereocenters. The van der Waals surface area contributed by atoms with Gasteiger partial charge in [-0.05, 0) is 37.5 Å². The number of hydrogen-bond donors (Lipinski definition) is 1. The van der Waals surface area contributed by atoms with Crippen LogP contribution < -0.4 is 5.32 Å². The predicted molar refractivity (Wildman–Crippen MR) is 97.4 cm³/mol. The van der Waals surface area contributed by atoms with Gasteiger partial charge in [-0.15, -0.1) is 0 Å². The largest absolute Gasteiger partial charge is 0.465 e. The van der Waals surface area contributed by atoms with E-state index >= 15 is 0 Å². The molecule has 0 bridgehead atoms. The van der Waals surface area contributed by atoms with Gasteiger partial charge in [0.25, 0.3) is 0 Å². The number of benzene rings is 1. The minimum atomic E-state index is -0.559. The number of hydrogen-bond acceptors (Lipinski definition) is 4. The van der Waals surface area contributed by atoms with Crippen molar-refractivity contribution in [3.05, 3.63) is 28.8 Å². The van der Waals surface area contributed by atoms with Gasteiger partial charge in [0.2, 0.25) is 5.91 Å². The summed E-state index contributed by atoms with van der Waals surface area (Å²) in [6, 6.07) is 4.51. The van der Waals surface area contributed by atoms with E-state index in [9.17, 15) is 14.4 Å². The zero-order valence-corrected chi connectivity index (χ0v) is 15.4. The molecule has 2 fully saturated rings. The number of rotatable bonds is 3. The molecule has 0 radical (unpaired) electrons. The van der Waals surface area contributed by atoms with Gasteiger partial charge in [0.05, 0.1) is 17.7 Å². The topological polar surface area (TPSA) is 79.0 Å². The van der Waals surface area contributed by atoms with E-state index in [2.05, 4.69) is 5.32 Å².